The van der Waals surface area contributed by atoms with Crippen LogP contribution in [-0.4, -0.2) is 67.8 Å². The summed E-state index contributed by atoms with van der Waals surface area (Å²) in [6.45, 7) is 6.29. The maximum Gasteiger partial charge on any atom is 0.471 e. The van der Waals surface area contributed by atoms with Crippen molar-refractivity contribution in [2.75, 3.05) is 20.3 Å². The molecule has 1 saturated heterocycles. The fourth-order valence-electron chi connectivity index (χ4n) is 2.26. The third-order valence-electron chi connectivity index (χ3n) is 3.37. The molecular formula is C15H24F3NO6. The quantitative estimate of drug-likeness (QED) is 0.491. The van der Waals surface area contributed by atoms with Crippen molar-refractivity contribution in [3.8, 4) is 0 Å². The Balaban J connectivity index is 2.86. The zero-order valence-corrected chi connectivity index (χ0v) is 14.3. The molecule has 0 aliphatic carbocycles. The largest absolute Gasteiger partial charge is 0.471 e. The number of halogens is 3. The number of methoxy groups -OCH3 is 1. The van der Waals surface area contributed by atoms with Gasteiger partial charge in [-0.05, 0) is 13.8 Å². The van der Waals surface area contributed by atoms with Crippen molar-refractivity contribution in [3.63, 3.8) is 0 Å². The zero-order valence-electron chi connectivity index (χ0n) is 14.3. The Morgan fingerprint density at radius 2 is 2.08 bits per heavy atom. The van der Waals surface area contributed by atoms with Gasteiger partial charge in [0.05, 0.1) is 25.4 Å². The topological polar surface area (TPSA) is 86.2 Å². The molecule has 0 aromatic carbocycles. The molecule has 7 nitrogen and oxygen atoms in total. The minimum Gasteiger partial charge on any atom is -0.379 e. The SMILES string of the molecule is C=CCO[C@H]1OC(COC(C)(C)O)CC(OC)[C@H]1NC(=O)C(F)(F)F. The highest BCUT2D eigenvalue weighted by Gasteiger charge is 2.46. The molecule has 1 heterocycles. The van der Waals surface area contributed by atoms with E-state index in [0.717, 1.165) is 0 Å². The average molecular weight is 371 g/mol. The molecular weight excluding hydrogens is 347 g/mol. The second-order valence-corrected chi connectivity index (χ2v) is 6.01. The van der Waals surface area contributed by atoms with E-state index in [4.69, 9.17) is 18.9 Å². The van der Waals surface area contributed by atoms with Crippen LogP contribution in [-0.2, 0) is 23.7 Å². The normalized spacial score (nSPS) is 27.8. The molecule has 1 rings (SSSR count). The van der Waals surface area contributed by atoms with E-state index < -0.39 is 42.4 Å². The van der Waals surface area contributed by atoms with Crippen molar-refractivity contribution in [1.29, 1.82) is 0 Å². The van der Waals surface area contributed by atoms with E-state index in [9.17, 15) is 23.1 Å². The van der Waals surface area contributed by atoms with Crippen LogP contribution in [0.15, 0.2) is 12.7 Å². The molecule has 25 heavy (non-hydrogen) atoms. The standard InChI is InChI=1S/C15H24F3NO6/c1-5-6-23-12-11(19-13(20)15(16,17)18)10(22-4)7-9(25-12)8-24-14(2,3)21/h5,9-12,21H,1,6-8H2,2-4H3,(H,19,20)/t9?,10?,11-,12+/m1/s1. The van der Waals surface area contributed by atoms with E-state index in [0.29, 0.717) is 0 Å². The van der Waals surface area contributed by atoms with Crippen LogP contribution >= 0.6 is 0 Å². The van der Waals surface area contributed by atoms with Gasteiger partial charge >= 0.3 is 12.1 Å². The van der Waals surface area contributed by atoms with E-state index >= 15 is 0 Å². The fourth-order valence-corrected chi connectivity index (χ4v) is 2.26. The molecule has 0 aromatic rings. The van der Waals surface area contributed by atoms with Crippen LogP contribution in [0, 0.1) is 0 Å². The number of rotatable bonds is 8. The molecule has 1 amide bonds. The number of amides is 1. The second-order valence-electron chi connectivity index (χ2n) is 6.01. The molecule has 2 unspecified atom stereocenters. The first kappa shape index (κ1) is 21.8. The summed E-state index contributed by atoms with van der Waals surface area (Å²) in [5.41, 5.74) is 0. The highest BCUT2D eigenvalue weighted by atomic mass is 19.4. The number of alkyl halides is 3. The van der Waals surface area contributed by atoms with Crippen molar-refractivity contribution >= 4 is 5.91 Å². The van der Waals surface area contributed by atoms with E-state index in [-0.39, 0.29) is 19.6 Å². The molecule has 4 atom stereocenters. The van der Waals surface area contributed by atoms with Gasteiger partial charge in [-0.2, -0.15) is 13.2 Å². The predicted molar refractivity (Wildman–Crippen MR) is 80.5 cm³/mol. The summed E-state index contributed by atoms with van der Waals surface area (Å²) in [6, 6.07) is -1.17. The lowest BCUT2D eigenvalue weighted by Gasteiger charge is -2.41. The van der Waals surface area contributed by atoms with Crippen LogP contribution < -0.4 is 5.32 Å². The minimum atomic E-state index is -5.04. The van der Waals surface area contributed by atoms with Gasteiger partial charge in [0.1, 0.15) is 6.04 Å². The Labute approximate surface area is 144 Å². The number of nitrogens with one attached hydrogen (secondary N) is 1. The maximum atomic E-state index is 12.5. The smallest absolute Gasteiger partial charge is 0.379 e. The van der Waals surface area contributed by atoms with E-state index in [2.05, 4.69) is 6.58 Å². The molecule has 0 spiro atoms. The van der Waals surface area contributed by atoms with Gasteiger partial charge in [0.2, 0.25) is 0 Å². The van der Waals surface area contributed by atoms with Gasteiger partial charge < -0.3 is 29.4 Å². The summed E-state index contributed by atoms with van der Waals surface area (Å²) in [7, 11) is 1.31. The fraction of sp³-hybridized carbons (Fsp3) is 0.800. The zero-order chi connectivity index (χ0) is 19.3. The van der Waals surface area contributed by atoms with Crippen molar-refractivity contribution in [2.45, 2.75) is 56.8 Å². The molecule has 146 valence electrons. The molecule has 0 bridgehead atoms. The highest BCUT2D eigenvalue weighted by Crippen LogP contribution is 2.26. The monoisotopic (exact) mass is 371 g/mol. The van der Waals surface area contributed by atoms with E-state index in [1.165, 1.54) is 27.0 Å². The summed E-state index contributed by atoms with van der Waals surface area (Å²) in [5, 5.41) is 11.5. The summed E-state index contributed by atoms with van der Waals surface area (Å²) in [4.78, 5) is 11.3. The first-order chi connectivity index (χ1) is 11.5. The lowest BCUT2D eigenvalue weighted by atomic mass is 9.99. The lowest BCUT2D eigenvalue weighted by Crippen LogP contribution is -2.61. The molecule has 0 aromatic heterocycles. The number of carbonyl (C=O) groups is 1. The average Bonchev–Trinajstić information content (AvgIpc) is 2.50. The van der Waals surface area contributed by atoms with Gasteiger partial charge in [0.15, 0.2) is 12.1 Å². The lowest BCUT2D eigenvalue weighted by molar-refractivity contribution is -0.261. The predicted octanol–water partition coefficient (Wildman–Crippen LogP) is 1.11. The molecule has 10 heteroatoms. The van der Waals surface area contributed by atoms with Crippen LogP contribution in [0.4, 0.5) is 13.2 Å². The van der Waals surface area contributed by atoms with Gasteiger partial charge in [-0.1, -0.05) is 6.08 Å². The Hall–Kier alpha value is -1.20. The molecule has 1 aliphatic heterocycles. The molecule has 2 N–H and O–H groups in total. The molecule has 0 radical (unpaired) electrons. The van der Waals surface area contributed by atoms with E-state index in [1.54, 1.807) is 0 Å². The van der Waals surface area contributed by atoms with Gasteiger partial charge in [0.25, 0.3) is 0 Å². The third-order valence-corrected chi connectivity index (χ3v) is 3.37. The Bertz CT molecular complexity index is 452. The van der Waals surface area contributed by atoms with Crippen molar-refractivity contribution in [2.24, 2.45) is 0 Å². The minimum absolute atomic E-state index is 0.00143. The summed E-state index contributed by atoms with van der Waals surface area (Å²) in [5.74, 6) is -3.51. The van der Waals surface area contributed by atoms with Crippen LogP contribution in [0.3, 0.4) is 0 Å². The number of aliphatic hydroxyl groups is 1. The Morgan fingerprint density at radius 3 is 2.56 bits per heavy atom. The first-order valence-electron chi connectivity index (χ1n) is 7.62. The summed E-state index contributed by atoms with van der Waals surface area (Å²) < 4.78 is 59.0. The van der Waals surface area contributed by atoms with Gasteiger partial charge in [-0.15, -0.1) is 6.58 Å². The summed E-state index contributed by atoms with van der Waals surface area (Å²) >= 11 is 0. The van der Waals surface area contributed by atoms with Gasteiger partial charge in [-0.25, -0.2) is 0 Å². The van der Waals surface area contributed by atoms with Crippen LogP contribution in [0.1, 0.15) is 20.3 Å². The summed E-state index contributed by atoms with van der Waals surface area (Å²) in [6.07, 6.45) is -6.11. The molecule has 1 fully saturated rings. The number of hydrogen-bond donors (Lipinski definition) is 2. The van der Waals surface area contributed by atoms with Crippen LogP contribution in [0.25, 0.3) is 0 Å². The van der Waals surface area contributed by atoms with Gasteiger partial charge in [0, 0.05) is 13.5 Å². The molecule has 0 saturated carbocycles. The van der Waals surface area contributed by atoms with Crippen molar-refractivity contribution in [1.82, 2.24) is 5.32 Å². The van der Waals surface area contributed by atoms with Gasteiger partial charge in [-0.3, -0.25) is 4.79 Å². The highest BCUT2D eigenvalue weighted by molar-refractivity contribution is 5.82. The second kappa shape index (κ2) is 8.95. The van der Waals surface area contributed by atoms with Crippen molar-refractivity contribution in [3.05, 3.63) is 12.7 Å². The van der Waals surface area contributed by atoms with Crippen molar-refractivity contribution < 1.29 is 42.0 Å². The number of ether oxygens (including phenoxy) is 4. The maximum absolute atomic E-state index is 12.5. The van der Waals surface area contributed by atoms with Crippen LogP contribution in [0.5, 0.6) is 0 Å². The Kier molecular flexibility index (Phi) is 7.82. The number of hydrogen-bond acceptors (Lipinski definition) is 6. The van der Waals surface area contributed by atoms with Crippen LogP contribution in [0.2, 0.25) is 0 Å². The molecule has 1 aliphatic rings. The number of carbonyl (C=O) groups excluding carboxylic acids is 1. The first-order valence-corrected chi connectivity index (χ1v) is 7.62. The Morgan fingerprint density at radius 1 is 1.44 bits per heavy atom. The van der Waals surface area contributed by atoms with E-state index in [1.807, 2.05) is 5.32 Å². The third kappa shape index (κ3) is 7.28.